The molecule has 4 nitrogen and oxygen atoms in total. The van der Waals surface area contributed by atoms with Gasteiger partial charge < -0.3 is 10.2 Å². The van der Waals surface area contributed by atoms with Crippen molar-refractivity contribution in [1.82, 2.24) is 9.97 Å². The van der Waals surface area contributed by atoms with Crippen LogP contribution in [0.2, 0.25) is 0 Å². The van der Waals surface area contributed by atoms with Crippen molar-refractivity contribution in [2.24, 2.45) is 5.92 Å². The summed E-state index contributed by atoms with van der Waals surface area (Å²) in [6.07, 6.45) is 9.36. The number of nitrogens with zero attached hydrogens (tertiary/aromatic N) is 3. The standard InChI is InChI=1S/C15H24N4/c1-3-4-13-14(16-2)17-10-18-15(13)19(12-7-8-12)9-11-5-6-11/h10-12H,3-9H2,1-2H3,(H,16,17,18). The van der Waals surface area contributed by atoms with Crippen molar-refractivity contribution in [2.75, 3.05) is 23.8 Å². The van der Waals surface area contributed by atoms with Gasteiger partial charge in [0.05, 0.1) is 0 Å². The molecule has 0 radical (unpaired) electrons. The van der Waals surface area contributed by atoms with E-state index in [9.17, 15) is 0 Å². The molecule has 0 unspecified atom stereocenters. The van der Waals surface area contributed by atoms with E-state index in [1.54, 1.807) is 6.33 Å². The molecule has 2 aliphatic carbocycles. The smallest absolute Gasteiger partial charge is 0.137 e. The van der Waals surface area contributed by atoms with Gasteiger partial charge in [-0.05, 0) is 38.0 Å². The quantitative estimate of drug-likeness (QED) is 0.818. The Labute approximate surface area is 115 Å². The first-order chi connectivity index (χ1) is 9.33. The van der Waals surface area contributed by atoms with Gasteiger partial charge in [-0.3, -0.25) is 0 Å². The molecule has 0 aliphatic heterocycles. The molecule has 104 valence electrons. The molecule has 4 heteroatoms. The highest BCUT2D eigenvalue weighted by molar-refractivity contribution is 5.59. The second-order valence-electron chi connectivity index (χ2n) is 5.85. The Balaban J connectivity index is 1.90. The molecule has 0 spiro atoms. The minimum atomic E-state index is 0.732. The van der Waals surface area contributed by atoms with Gasteiger partial charge in [-0.1, -0.05) is 13.3 Å². The van der Waals surface area contributed by atoms with E-state index >= 15 is 0 Å². The van der Waals surface area contributed by atoms with Crippen LogP contribution < -0.4 is 10.2 Å². The SMILES string of the molecule is CCCc1c(NC)ncnc1N(CC1CC1)C1CC1. The molecule has 0 aromatic carbocycles. The Hall–Kier alpha value is -1.32. The van der Waals surface area contributed by atoms with E-state index in [0.29, 0.717) is 0 Å². The Morgan fingerprint density at radius 1 is 1.26 bits per heavy atom. The lowest BCUT2D eigenvalue weighted by Crippen LogP contribution is -2.30. The highest BCUT2D eigenvalue weighted by Crippen LogP contribution is 2.39. The molecular weight excluding hydrogens is 236 g/mol. The van der Waals surface area contributed by atoms with Gasteiger partial charge in [-0.2, -0.15) is 0 Å². The largest absolute Gasteiger partial charge is 0.373 e. The number of hydrogen-bond donors (Lipinski definition) is 1. The van der Waals surface area contributed by atoms with Gasteiger partial charge in [0.1, 0.15) is 18.0 Å². The van der Waals surface area contributed by atoms with Crippen molar-refractivity contribution in [2.45, 2.75) is 51.5 Å². The highest BCUT2D eigenvalue weighted by atomic mass is 15.2. The number of aromatic nitrogens is 2. The van der Waals surface area contributed by atoms with Crippen LogP contribution in [0.25, 0.3) is 0 Å². The fourth-order valence-electron chi connectivity index (χ4n) is 2.72. The van der Waals surface area contributed by atoms with Crippen LogP contribution in [-0.2, 0) is 6.42 Å². The van der Waals surface area contributed by atoms with Crippen molar-refractivity contribution in [3.63, 3.8) is 0 Å². The molecule has 3 rings (SSSR count). The van der Waals surface area contributed by atoms with Crippen LogP contribution in [0.5, 0.6) is 0 Å². The summed E-state index contributed by atoms with van der Waals surface area (Å²) < 4.78 is 0. The second kappa shape index (κ2) is 5.35. The van der Waals surface area contributed by atoms with Gasteiger partial charge in [-0.15, -0.1) is 0 Å². The number of hydrogen-bond acceptors (Lipinski definition) is 4. The molecule has 1 heterocycles. The molecule has 2 saturated carbocycles. The molecule has 2 aliphatic rings. The van der Waals surface area contributed by atoms with Crippen LogP contribution >= 0.6 is 0 Å². The van der Waals surface area contributed by atoms with Gasteiger partial charge in [0, 0.05) is 25.2 Å². The minimum absolute atomic E-state index is 0.732. The van der Waals surface area contributed by atoms with E-state index in [2.05, 4.69) is 27.1 Å². The highest BCUT2D eigenvalue weighted by Gasteiger charge is 2.35. The summed E-state index contributed by atoms with van der Waals surface area (Å²) in [5.74, 6) is 3.10. The van der Waals surface area contributed by atoms with Crippen molar-refractivity contribution < 1.29 is 0 Å². The normalized spacial score (nSPS) is 18.4. The second-order valence-corrected chi connectivity index (χ2v) is 5.85. The first kappa shape index (κ1) is 12.7. The molecule has 0 amide bonds. The lowest BCUT2D eigenvalue weighted by atomic mass is 10.1. The number of nitrogens with one attached hydrogen (secondary N) is 1. The zero-order valence-corrected chi connectivity index (χ0v) is 12.0. The maximum absolute atomic E-state index is 4.62. The molecule has 2 fully saturated rings. The lowest BCUT2D eigenvalue weighted by molar-refractivity contribution is 0.700. The summed E-state index contributed by atoms with van der Waals surface area (Å²) >= 11 is 0. The van der Waals surface area contributed by atoms with Crippen LogP contribution in [0.3, 0.4) is 0 Å². The van der Waals surface area contributed by atoms with Crippen molar-refractivity contribution in [1.29, 1.82) is 0 Å². The summed E-state index contributed by atoms with van der Waals surface area (Å²) in [4.78, 5) is 11.6. The van der Waals surface area contributed by atoms with E-state index < -0.39 is 0 Å². The van der Waals surface area contributed by atoms with Crippen molar-refractivity contribution in [3.8, 4) is 0 Å². The minimum Gasteiger partial charge on any atom is -0.373 e. The summed E-state index contributed by atoms with van der Waals surface area (Å²) in [6.45, 7) is 3.42. The van der Waals surface area contributed by atoms with Crippen LogP contribution in [0, 0.1) is 5.92 Å². The zero-order valence-electron chi connectivity index (χ0n) is 12.0. The molecule has 1 aromatic rings. The topological polar surface area (TPSA) is 41.1 Å². The summed E-state index contributed by atoms with van der Waals surface area (Å²) in [7, 11) is 1.95. The Kier molecular flexibility index (Phi) is 3.58. The summed E-state index contributed by atoms with van der Waals surface area (Å²) in [5, 5.41) is 3.23. The van der Waals surface area contributed by atoms with Crippen molar-refractivity contribution >= 4 is 11.6 Å². The van der Waals surface area contributed by atoms with Gasteiger partial charge in [0.15, 0.2) is 0 Å². The maximum Gasteiger partial charge on any atom is 0.137 e. The Morgan fingerprint density at radius 3 is 2.63 bits per heavy atom. The molecule has 1 aromatic heterocycles. The molecular formula is C15H24N4. The van der Waals surface area contributed by atoms with Crippen molar-refractivity contribution in [3.05, 3.63) is 11.9 Å². The molecule has 1 N–H and O–H groups in total. The first-order valence-electron chi connectivity index (χ1n) is 7.61. The van der Waals surface area contributed by atoms with E-state index in [0.717, 1.165) is 30.6 Å². The van der Waals surface area contributed by atoms with Crippen LogP contribution in [0.15, 0.2) is 6.33 Å². The first-order valence-corrected chi connectivity index (χ1v) is 7.61. The predicted octanol–water partition coefficient (Wildman–Crippen LogP) is 2.85. The maximum atomic E-state index is 4.62. The monoisotopic (exact) mass is 260 g/mol. The number of rotatable bonds is 7. The van der Waals surface area contributed by atoms with E-state index in [4.69, 9.17) is 0 Å². The van der Waals surface area contributed by atoms with Gasteiger partial charge >= 0.3 is 0 Å². The summed E-state index contributed by atoms with van der Waals surface area (Å²) in [6, 6.07) is 0.732. The third-order valence-corrected chi connectivity index (χ3v) is 4.07. The zero-order chi connectivity index (χ0) is 13.2. The van der Waals surface area contributed by atoms with E-state index in [1.165, 1.54) is 43.6 Å². The summed E-state index contributed by atoms with van der Waals surface area (Å²) in [5.41, 5.74) is 1.31. The molecule has 0 atom stereocenters. The fourth-order valence-corrected chi connectivity index (χ4v) is 2.72. The molecule has 0 saturated heterocycles. The van der Waals surface area contributed by atoms with Gasteiger partial charge in [0.2, 0.25) is 0 Å². The third kappa shape index (κ3) is 2.82. The van der Waals surface area contributed by atoms with Crippen LogP contribution in [-0.4, -0.2) is 29.6 Å². The average molecular weight is 260 g/mol. The van der Waals surface area contributed by atoms with Crippen LogP contribution in [0.1, 0.15) is 44.6 Å². The van der Waals surface area contributed by atoms with E-state index in [1.807, 2.05) is 7.05 Å². The fraction of sp³-hybridized carbons (Fsp3) is 0.733. The van der Waals surface area contributed by atoms with E-state index in [-0.39, 0.29) is 0 Å². The molecule has 0 bridgehead atoms. The average Bonchev–Trinajstić information content (AvgIpc) is 3.28. The molecule has 19 heavy (non-hydrogen) atoms. The van der Waals surface area contributed by atoms with Gasteiger partial charge in [-0.25, -0.2) is 9.97 Å². The third-order valence-electron chi connectivity index (χ3n) is 4.07. The van der Waals surface area contributed by atoms with Crippen LogP contribution in [0.4, 0.5) is 11.6 Å². The lowest BCUT2D eigenvalue weighted by Gasteiger charge is -2.26. The number of anilines is 2. The predicted molar refractivity (Wildman–Crippen MR) is 78.7 cm³/mol. The Bertz CT molecular complexity index is 438. The Morgan fingerprint density at radius 2 is 2.05 bits per heavy atom. The van der Waals surface area contributed by atoms with Gasteiger partial charge in [0.25, 0.3) is 0 Å².